The zero-order valence-corrected chi connectivity index (χ0v) is 7.06. The van der Waals surface area contributed by atoms with Crippen LogP contribution in [0.15, 0.2) is 11.8 Å². The number of allylic oxidation sites excluding steroid dienone is 1. The van der Waals surface area contributed by atoms with Gasteiger partial charge >= 0.3 is 15.6 Å². The van der Waals surface area contributed by atoms with Crippen LogP contribution in [0.1, 0.15) is 0 Å². The summed E-state index contributed by atoms with van der Waals surface area (Å²) in [6, 6.07) is 2.24. The molecule has 0 radical (unpaired) electrons. The molecule has 0 aliphatic rings. The first-order chi connectivity index (χ1) is 6.24. The monoisotopic (exact) mass is 226 g/mol. The molecule has 14 heavy (non-hydrogen) atoms. The lowest BCUT2D eigenvalue weighted by Crippen LogP contribution is -2.23. The van der Waals surface area contributed by atoms with E-state index in [-0.39, 0.29) is 6.26 Å². The highest BCUT2D eigenvalue weighted by Crippen LogP contribution is 2.24. The van der Waals surface area contributed by atoms with E-state index in [1.807, 2.05) is 0 Å². The lowest BCUT2D eigenvalue weighted by molar-refractivity contribution is -0.0515. The lowest BCUT2D eigenvalue weighted by Gasteiger charge is -2.04. The minimum Gasteiger partial charge on any atom is -0.382 e. The first kappa shape index (κ1) is 12.3. The molecule has 0 unspecified atom stereocenters. The number of rotatable bonds is 2. The largest absolute Gasteiger partial charge is 0.534 e. The molecular formula is C5HF3N2O3S. The molecule has 0 saturated carbocycles. The molecule has 0 aromatic rings. The van der Waals surface area contributed by atoms with E-state index in [1.54, 1.807) is 0 Å². The van der Waals surface area contributed by atoms with Gasteiger partial charge in [0.2, 0.25) is 0 Å². The summed E-state index contributed by atoms with van der Waals surface area (Å²) in [6.07, 6.45) is -0.0805. The highest BCUT2D eigenvalue weighted by Gasteiger charge is 2.48. The Morgan fingerprint density at radius 1 is 1.29 bits per heavy atom. The Balaban J connectivity index is 4.86. The molecule has 5 nitrogen and oxygen atoms in total. The van der Waals surface area contributed by atoms with Crippen molar-refractivity contribution < 1.29 is 25.8 Å². The number of hydrogen-bond acceptors (Lipinski definition) is 5. The summed E-state index contributed by atoms with van der Waals surface area (Å²) in [5.74, 6) is 0. The maximum atomic E-state index is 11.6. The Morgan fingerprint density at radius 3 is 2.00 bits per heavy atom. The van der Waals surface area contributed by atoms with E-state index in [0.717, 1.165) is 12.1 Å². The summed E-state index contributed by atoms with van der Waals surface area (Å²) < 4.78 is 58.4. The summed E-state index contributed by atoms with van der Waals surface area (Å²) in [5.41, 5.74) is -6.47. The van der Waals surface area contributed by atoms with Crippen molar-refractivity contribution in [2.45, 2.75) is 5.51 Å². The molecule has 0 aliphatic carbocycles. The van der Waals surface area contributed by atoms with Gasteiger partial charge in [0, 0.05) is 0 Å². The van der Waals surface area contributed by atoms with Crippen molar-refractivity contribution in [1.29, 1.82) is 10.5 Å². The molecule has 0 atom stereocenters. The van der Waals surface area contributed by atoms with Gasteiger partial charge in [-0.3, -0.25) is 0 Å². The van der Waals surface area contributed by atoms with Crippen LogP contribution in [0.5, 0.6) is 0 Å². The molecule has 0 rings (SSSR count). The second kappa shape index (κ2) is 3.98. The van der Waals surface area contributed by atoms with Crippen LogP contribution in [0.4, 0.5) is 13.2 Å². The summed E-state index contributed by atoms with van der Waals surface area (Å²) in [5, 5.41) is 16.1. The normalized spacial score (nSPS) is 10.9. The van der Waals surface area contributed by atoms with Crippen molar-refractivity contribution >= 4 is 10.1 Å². The maximum absolute atomic E-state index is 11.6. The fraction of sp³-hybridized carbons (Fsp3) is 0.200. The van der Waals surface area contributed by atoms with Gasteiger partial charge < -0.3 is 4.18 Å². The fourth-order valence-corrected chi connectivity index (χ4v) is 0.576. The summed E-state index contributed by atoms with van der Waals surface area (Å²) in [4.78, 5) is 0. The van der Waals surface area contributed by atoms with Gasteiger partial charge in [-0.25, -0.2) is 0 Å². The standard InChI is InChI=1S/C5HF3N2O3S/c6-5(7,8)14(11,12)13-3-4(1-9)2-10/h3H. The van der Waals surface area contributed by atoms with Gasteiger partial charge in [0.25, 0.3) is 0 Å². The summed E-state index contributed by atoms with van der Waals surface area (Å²) >= 11 is 0. The molecule has 0 aromatic heterocycles. The zero-order valence-electron chi connectivity index (χ0n) is 6.24. The van der Waals surface area contributed by atoms with Gasteiger partial charge in [-0.15, -0.1) is 0 Å². The van der Waals surface area contributed by atoms with Crippen molar-refractivity contribution in [1.82, 2.24) is 0 Å². The van der Waals surface area contributed by atoms with Crippen LogP contribution in [-0.2, 0) is 14.3 Å². The van der Waals surface area contributed by atoms with E-state index in [1.165, 1.54) is 0 Å². The Labute approximate surface area is 76.7 Å². The topological polar surface area (TPSA) is 90.9 Å². The average Bonchev–Trinajstić information content (AvgIpc) is 2.04. The van der Waals surface area contributed by atoms with Crippen LogP contribution in [0.25, 0.3) is 0 Å². The molecule has 0 aromatic carbocycles. The third-order valence-corrected chi connectivity index (χ3v) is 1.73. The van der Waals surface area contributed by atoms with Crippen molar-refractivity contribution in [3.63, 3.8) is 0 Å². The lowest BCUT2D eigenvalue weighted by atomic mass is 10.4. The van der Waals surface area contributed by atoms with E-state index >= 15 is 0 Å². The minimum atomic E-state index is -5.79. The van der Waals surface area contributed by atoms with Gasteiger partial charge in [0.15, 0.2) is 5.57 Å². The van der Waals surface area contributed by atoms with E-state index in [4.69, 9.17) is 10.5 Å². The Kier molecular flexibility index (Phi) is 3.48. The number of halogens is 3. The summed E-state index contributed by atoms with van der Waals surface area (Å²) in [7, 11) is -5.79. The van der Waals surface area contributed by atoms with Gasteiger partial charge in [0.05, 0.1) is 0 Å². The van der Waals surface area contributed by atoms with Crippen LogP contribution < -0.4 is 0 Å². The molecule has 0 aliphatic heterocycles. The Bertz CT molecular complexity index is 407. The molecule has 76 valence electrons. The van der Waals surface area contributed by atoms with E-state index in [0.29, 0.717) is 0 Å². The number of nitrogens with zero attached hydrogens (tertiary/aromatic N) is 2. The van der Waals surface area contributed by atoms with Crippen molar-refractivity contribution in [3.8, 4) is 12.1 Å². The molecular weight excluding hydrogens is 225 g/mol. The maximum Gasteiger partial charge on any atom is 0.534 e. The third-order valence-electron chi connectivity index (χ3n) is 0.817. The second-order valence-corrected chi connectivity index (χ2v) is 3.31. The van der Waals surface area contributed by atoms with Gasteiger partial charge in [-0.1, -0.05) is 0 Å². The third kappa shape index (κ3) is 2.95. The average molecular weight is 226 g/mol. The van der Waals surface area contributed by atoms with Crippen LogP contribution in [0.3, 0.4) is 0 Å². The second-order valence-electron chi connectivity index (χ2n) is 1.75. The van der Waals surface area contributed by atoms with Crippen LogP contribution in [0.2, 0.25) is 0 Å². The van der Waals surface area contributed by atoms with Gasteiger partial charge in [-0.2, -0.15) is 32.1 Å². The van der Waals surface area contributed by atoms with Gasteiger partial charge in [0.1, 0.15) is 18.4 Å². The first-order valence-corrected chi connectivity index (χ1v) is 4.15. The number of hydrogen-bond donors (Lipinski definition) is 0. The van der Waals surface area contributed by atoms with Crippen LogP contribution in [-0.4, -0.2) is 13.9 Å². The predicted molar refractivity (Wildman–Crippen MR) is 35.4 cm³/mol. The zero-order chi connectivity index (χ0) is 11.4. The smallest absolute Gasteiger partial charge is 0.382 e. The first-order valence-electron chi connectivity index (χ1n) is 2.74. The Morgan fingerprint density at radius 2 is 1.71 bits per heavy atom. The number of alkyl halides is 3. The molecule has 0 bridgehead atoms. The molecule has 0 fully saturated rings. The molecule has 0 spiro atoms. The van der Waals surface area contributed by atoms with Gasteiger partial charge in [-0.05, 0) is 0 Å². The molecule has 9 heteroatoms. The predicted octanol–water partition coefficient (Wildman–Crippen LogP) is 0.784. The molecule has 0 heterocycles. The molecule has 0 amide bonds. The van der Waals surface area contributed by atoms with E-state index in [9.17, 15) is 21.6 Å². The molecule has 0 saturated heterocycles. The summed E-state index contributed by atoms with van der Waals surface area (Å²) in [6.45, 7) is 0. The highest BCUT2D eigenvalue weighted by molar-refractivity contribution is 7.87. The fourth-order valence-electron chi connectivity index (χ4n) is 0.244. The van der Waals surface area contributed by atoms with Crippen molar-refractivity contribution in [3.05, 3.63) is 11.8 Å². The van der Waals surface area contributed by atoms with Crippen LogP contribution >= 0.6 is 0 Å². The minimum absolute atomic E-state index is 0.0805. The van der Waals surface area contributed by atoms with Crippen molar-refractivity contribution in [2.24, 2.45) is 0 Å². The van der Waals surface area contributed by atoms with E-state index < -0.39 is 21.2 Å². The quantitative estimate of drug-likeness (QED) is 0.300. The van der Waals surface area contributed by atoms with Crippen LogP contribution in [0, 0.1) is 22.7 Å². The SMILES string of the molecule is N#CC(C#N)=COS(=O)(=O)C(F)(F)F. The van der Waals surface area contributed by atoms with Crippen molar-refractivity contribution in [2.75, 3.05) is 0 Å². The van der Waals surface area contributed by atoms with E-state index in [2.05, 4.69) is 4.18 Å². The number of nitriles is 2. The highest BCUT2D eigenvalue weighted by atomic mass is 32.2. The Hall–Kier alpha value is -1.74. The molecule has 0 N–H and O–H groups in total.